The van der Waals surface area contributed by atoms with Crippen molar-refractivity contribution in [2.24, 2.45) is 5.73 Å². The largest absolute Gasteiger partial charge is 0.389 e. The van der Waals surface area contributed by atoms with Crippen molar-refractivity contribution in [2.45, 2.75) is 33.7 Å². The van der Waals surface area contributed by atoms with E-state index in [-0.39, 0.29) is 6.04 Å². The van der Waals surface area contributed by atoms with Crippen LogP contribution in [0.2, 0.25) is 0 Å². The summed E-state index contributed by atoms with van der Waals surface area (Å²) in [5.41, 5.74) is 8.36. The Labute approximate surface area is 127 Å². The first-order valence-corrected chi connectivity index (χ1v) is 7.45. The molecule has 0 saturated carbocycles. The first kappa shape index (κ1) is 14.8. The number of nitrogens with one attached hydrogen (secondary N) is 1. The molecular formula is C13H17N5S2. The second kappa shape index (κ2) is 5.80. The molecule has 1 unspecified atom stereocenters. The van der Waals surface area contributed by atoms with Gasteiger partial charge in [0.15, 0.2) is 5.82 Å². The predicted octanol–water partition coefficient (Wildman–Crippen LogP) is 2.67. The SMILES string of the molecule is Cc1cnc(C(C)Nc2nnc(C)c(C)c2C(N)=S)s1. The number of hydrogen-bond donors (Lipinski definition) is 2. The summed E-state index contributed by atoms with van der Waals surface area (Å²) < 4.78 is 0. The van der Waals surface area contributed by atoms with Crippen molar-refractivity contribution in [3.63, 3.8) is 0 Å². The standard InChI is InChI=1S/C13H17N5S2/c1-6-5-15-13(20-6)9(4)16-12-10(11(14)19)7(2)8(3)17-18-12/h5,9H,1-4H3,(H2,14,19)(H,16,18). The highest BCUT2D eigenvalue weighted by Gasteiger charge is 2.17. The maximum absolute atomic E-state index is 5.81. The highest BCUT2D eigenvalue weighted by molar-refractivity contribution is 7.80. The molecule has 0 spiro atoms. The van der Waals surface area contributed by atoms with Crippen LogP contribution in [-0.2, 0) is 0 Å². The van der Waals surface area contributed by atoms with E-state index in [0.29, 0.717) is 10.8 Å². The van der Waals surface area contributed by atoms with Crippen LogP contribution in [0.4, 0.5) is 5.82 Å². The first-order valence-electron chi connectivity index (χ1n) is 6.22. The summed E-state index contributed by atoms with van der Waals surface area (Å²) in [5.74, 6) is 0.612. The molecule has 0 aliphatic rings. The minimum atomic E-state index is 0.0261. The molecule has 1 atom stereocenters. The Morgan fingerprint density at radius 3 is 2.60 bits per heavy atom. The molecule has 0 radical (unpaired) electrons. The van der Waals surface area contributed by atoms with Gasteiger partial charge in [0, 0.05) is 11.1 Å². The summed E-state index contributed by atoms with van der Waals surface area (Å²) in [6, 6.07) is 0.0261. The quantitative estimate of drug-likeness (QED) is 0.846. The summed E-state index contributed by atoms with van der Waals surface area (Å²) >= 11 is 6.78. The molecule has 0 fully saturated rings. The summed E-state index contributed by atoms with van der Waals surface area (Å²) in [6.45, 7) is 7.89. The van der Waals surface area contributed by atoms with E-state index in [1.807, 2.05) is 33.9 Å². The topological polar surface area (TPSA) is 76.7 Å². The monoisotopic (exact) mass is 307 g/mol. The van der Waals surface area contributed by atoms with Crippen LogP contribution in [0, 0.1) is 20.8 Å². The van der Waals surface area contributed by atoms with Crippen molar-refractivity contribution in [3.8, 4) is 0 Å². The number of aryl methyl sites for hydroxylation is 2. The molecule has 0 bridgehead atoms. The van der Waals surface area contributed by atoms with Gasteiger partial charge >= 0.3 is 0 Å². The van der Waals surface area contributed by atoms with Crippen molar-refractivity contribution in [3.05, 3.63) is 32.9 Å². The third-order valence-electron chi connectivity index (χ3n) is 3.06. The van der Waals surface area contributed by atoms with Gasteiger partial charge in [-0.2, -0.15) is 5.10 Å². The zero-order valence-electron chi connectivity index (χ0n) is 11.9. The zero-order valence-corrected chi connectivity index (χ0v) is 13.5. The molecule has 0 amide bonds. The lowest BCUT2D eigenvalue weighted by Gasteiger charge is -2.16. The predicted molar refractivity (Wildman–Crippen MR) is 86.3 cm³/mol. The molecule has 3 N–H and O–H groups in total. The Morgan fingerprint density at radius 2 is 2.05 bits per heavy atom. The molecule has 7 heteroatoms. The van der Waals surface area contributed by atoms with E-state index in [4.69, 9.17) is 18.0 Å². The van der Waals surface area contributed by atoms with E-state index in [1.165, 1.54) is 4.88 Å². The lowest BCUT2D eigenvalue weighted by atomic mass is 10.1. The second-order valence-corrected chi connectivity index (χ2v) is 6.38. The van der Waals surface area contributed by atoms with E-state index in [1.54, 1.807) is 11.3 Å². The summed E-state index contributed by atoms with van der Waals surface area (Å²) in [6.07, 6.45) is 1.86. The van der Waals surface area contributed by atoms with Crippen LogP contribution >= 0.6 is 23.6 Å². The van der Waals surface area contributed by atoms with Crippen molar-refractivity contribution in [1.29, 1.82) is 0 Å². The fraction of sp³-hybridized carbons (Fsp3) is 0.385. The Bertz CT molecular complexity index is 650. The molecule has 106 valence electrons. The highest BCUT2D eigenvalue weighted by Crippen LogP contribution is 2.25. The van der Waals surface area contributed by atoms with Crippen LogP contribution in [0.1, 0.15) is 39.7 Å². The highest BCUT2D eigenvalue weighted by atomic mass is 32.1. The number of thiocarbonyl (C=S) groups is 1. The Hall–Kier alpha value is -1.60. The van der Waals surface area contributed by atoms with Crippen LogP contribution in [0.3, 0.4) is 0 Å². The Kier molecular flexibility index (Phi) is 4.29. The third kappa shape index (κ3) is 2.94. The fourth-order valence-corrected chi connectivity index (χ4v) is 2.88. The van der Waals surface area contributed by atoms with Crippen molar-refractivity contribution in [2.75, 3.05) is 5.32 Å². The molecule has 0 aliphatic carbocycles. The first-order chi connectivity index (χ1) is 9.40. The summed E-state index contributed by atoms with van der Waals surface area (Å²) in [5, 5.41) is 12.6. The number of hydrogen-bond acceptors (Lipinski definition) is 6. The van der Waals surface area contributed by atoms with Crippen LogP contribution in [0.5, 0.6) is 0 Å². The van der Waals surface area contributed by atoms with Crippen LogP contribution in [-0.4, -0.2) is 20.2 Å². The average molecular weight is 307 g/mol. The van der Waals surface area contributed by atoms with E-state index < -0.39 is 0 Å². The van der Waals surface area contributed by atoms with Crippen LogP contribution in [0.15, 0.2) is 6.20 Å². The molecule has 20 heavy (non-hydrogen) atoms. The van der Waals surface area contributed by atoms with Gasteiger partial charge in [0.05, 0.1) is 17.3 Å². The lowest BCUT2D eigenvalue weighted by molar-refractivity contribution is 0.840. The van der Waals surface area contributed by atoms with E-state index in [2.05, 4.69) is 20.5 Å². The number of rotatable bonds is 4. The van der Waals surface area contributed by atoms with E-state index >= 15 is 0 Å². The molecule has 5 nitrogen and oxygen atoms in total. The second-order valence-electron chi connectivity index (χ2n) is 4.67. The Morgan fingerprint density at radius 1 is 1.35 bits per heavy atom. The van der Waals surface area contributed by atoms with Gasteiger partial charge in [-0.15, -0.1) is 16.4 Å². The van der Waals surface area contributed by atoms with Gasteiger partial charge in [-0.3, -0.25) is 0 Å². The van der Waals surface area contributed by atoms with E-state index in [9.17, 15) is 0 Å². The molecule has 2 aromatic rings. The lowest BCUT2D eigenvalue weighted by Crippen LogP contribution is -2.19. The molecule has 0 saturated heterocycles. The van der Waals surface area contributed by atoms with Gasteiger partial charge in [-0.05, 0) is 33.3 Å². The number of aromatic nitrogens is 3. The molecule has 0 aliphatic heterocycles. The maximum atomic E-state index is 5.81. The summed E-state index contributed by atoms with van der Waals surface area (Å²) in [7, 11) is 0. The number of nitrogens with two attached hydrogens (primary N) is 1. The number of nitrogens with zero attached hydrogens (tertiary/aromatic N) is 3. The molecule has 0 aromatic carbocycles. The van der Waals surface area contributed by atoms with Crippen LogP contribution < -0.4 is 11.1 Å². The smallest absolute Gasteiger partial charge is 0.159 e. The molecule has 2 heterocycles. The van der Waals surface area contributed by atoms with Gasteiger partial charge in [-0.25, -0.2) is 4.98 Å². The number of anilines is 1. The van der Waals surface area contributed by atoms with Gasteiger partial charge < -0.3 is 11.1 Å². The average Bonchev–Trinajstić information content (AvgIpc) is 2.80. The van der Waals surface area contributed by atoms with Crippen molar-refractivity contribution in [1.82, 2.24) is 15.2 Å². The van der Waals surface area contributed by atoms with Crippen LogP contribution in [0.25, 0.3) is 0 Å². The molecule has 2 rings (SSSR count). The van der Waals surface area contributed by atoms with E-state index in [0.717, 1.165) is 21.8 Å². The minimum Gasteiger partial charge on any atom is -0.389 e. The molecule has 2 aromatic heterocycles. The normalized spacial score (nSPS) is 12.2. The van der Waals surface area contributed by atoms with Gasteiger partial charge in [0.1, 0.15) is 10.00 Å². The maximum Gasteiger partial charge on any atom is 0.159 e. The minimum absolute atomic E-state index is 0.0261. The van der Waals surface area contributed by atoms with Gasteiger partial charge in [0.25, 0.3) is 0 Å². The zero-order chi connectivity index (χ0) is 14.9. The van der Waals surface area contributed by atoms with Crippen molar-refractivity contribution >= 4 is 34.4 Å². The number of thiazole rings is 1. The molecular weight excluding hydrogens is 290 g/mol. The summed E-state index contributed by atoms with van der Waals surface area (Å²) in [4.78, 5) is 5.87. The third-order valence-corrected chi connectivity index (χ3v) is 4.36. The van der Waals surface area contributed by atoms with Gasteiger partial charge in [0.2, 0.25) is 0 Å². The fourth-order valence-electron chi connectivity index (χ4n) is 1.85. The van der Waals surface area contributed by atoms with Gasteiger partial charge in [-0.1, -0.05) is 12.2 Å². The Balaban J connectivity index is 2.34. The van der Waals surface area contributed by atoms with Crippen molar-refractivity contribution < 1.29 is 0 Å².